The van der Waals surface area contributed by atoms with Crippen LogP contribution < -0.4 is 14.8 Å². The SMILES string of the molecule is COc1ccc(OCCNC(=O)C(=O)N(C)C2CCCCC2)cc1. The fourth-order valence-electron chi connectivity index (χ4n) is 2.88. The van der Waals surface area contributed by atoms with Crippen molar-refractivity contribution < 1.29 is 19.1 Å². The van der Waals surface area contributed by atoms with Crippen molar-refractivity contribution in [3.8, 4) is 11.5 Å². The van der Waals surface area contributed by atoms with Gasteiger partial charge in [0.25, 0.3) is 0 Å². The molecule has 1 aromatic carbocycles. The van der Waals surface area contributed by atoms with Gasteiger partial charge < -0.3 is 19.7 Å². The Morgan fingerprint density at radius 1 is 1.12 bits per heavy atom. The highest BCUT2D eigenvalue weighted by Gasteiger charge is 2.26. The third kappa shape index (κ3) is 5.15. The summed E-state index contributed by atoms with van der Waals surface area (Å²) in [6.07, 6.45) is 5.43. The molecule has 0 aromatic heterocycles. The molecule has 0 bridgehead atoms. The summed E-state index contributed by atoms with van der Waals surface area (Å²) in [5, 5.41) is 2.62. The van der Waals surface area contributed by atoms with Gasteiger partial charge in [-0.25, -0.2) is 0 Å². The summed E-state index contributed by atoms with van der Waals surface area (Å²) < 4.78 is 10.6. The lowest BCUT2D eigenvalue weighted by atomic mass is 9.94. The molecule has 6 nitrogen and oxygen atoms in total. The summed E-state index contributed by atoms with van der Waals surface area (Å²) in [5.74, 6) is 0.412. The molecule has 132 valence electrons. The molecule has 0 saturated heterocycles. The zero-order valence-corrected chi connectivity index (χ0v) is 14.4. The molecule has 2 rings (SSSR count). The number of hydrogen-bond acceptors (Lipinski definition) is 4. The lowest BCUT2D eigenvalue weighted by Crippen LogP contribution is -2.47. The summed E-state index contributed by atoms with van der Waals surface area (Å²) >= 11 is 0. The van der Waals surface area contributed by atoms with Gasteiger partial charge in [-0.15, -0.1) is 0 Å². The second-order valence-corrected chi connectivity index (χ2v) is 5.99. The predicted octanol–water partition coefficient (Wildman–Crippen LogP) is 1.98. The van der Waals surface area contributed by atoms with E-state index in [0.717, 1.165) is 31.4 Å². The van der Waals surface area contributed by atoms with Crippen LogP contribution in [0.3, 0.4) is 0 Å². The number of nitrogens with zero attached hydrogens (tertiary/aromatic N) is 1. The number of amides is 2. The molecule has 24 heavy (non-hydrogen) atoms. The van der Waals surface area contributed by atoms with E-state index in [4.69, 9.17) is 9.47 Å². The Balaban J connectivity index is 1.68. The number of methoxy groups -OCH3 is 1. The largest absolute Gasteiger partial charge is 0.497 e. The Labute approximate surface area is 143 Å². The molecule has 1 aromatic rings. The molecule has 0 unspecified atom stereocenters. The van der Waals surface area contributed by atoms with Crippen LogP contribution in [0.2, 0.25) is 0 Å². The third-order valence-corrected chi connectivity index (χ3v) is 4.35. The van der Waals surface area contributed by atoms with Crippen LogP contribution in [0.25, 0.3) is 0 Å². The van der Waals surface area contributed by atoms with Gasteiger partial charge in [0.1, 0.15) is 18.1 Å². The van der Waals surface area contributed by atoms with Crippen LogP contribution >= 0.6 is 0 Å². The van der Waals surface area contributed by atoms with Gasteiger partial charge in [0.05, 0.1) is 13.7 Å². The molecule has 0 aliphatic heterocycles. The van der Waals surface area contributed by atoms with E-state index >= 15 is 0 Å². The number of carbonyl (C=O) groups excluding carboxylic acids is 2. The summed E-state index contributed by atoms with van der Waals surface area (Å²) in [7, 11) is 3.32. The molecule has 2 amide bonds. The number of nitrogens with one attached hydrogen (secondary N) is 1. The first-order chi connectivity index (χ1) is 11.6. The van der Waals surface area contributed by atoms with Gasteiger partial charge in [0.15, 0.2) is 0 Å². The van der Waals surface area contributed by atoms with Gasteiger partial charge in [0, 0.05) is 13.1 Å². The van der Waals surface area contributed by atoms with E-state index in [2.05, 4.69) is 5.32 Å². The zero-order chi connectivity index (χ0) is 17.4. The predicted molar refractivity (Wildman–Crippen MR) is 91.1 cm³/mol. The quantitative estimate of drug-likeness (QED) is 0.638. The van der Waals surface area contributed by atoms with Crippen molar-refractivity contribution in [1.82, 2.24) is 10.2 Å². The minimum absolute atomic E-state index is 0.188. The van der Waals surface area contributed by atoms with Crippen molar-refractivity contribution in [2.75, 3.05) is 27.3 Å². The van der Waals surface area contributed by atoms with E-state index < -0.39 is 11.8 Å². The van der Waals surface area contributed by atoms with E-state index in [1.54, 1.807) is 43.3 Å². The van der Waals surface area contributed by atoms with E-state index in [1.165, 1.54) is 6.42 Å². The highest BCUT2D eigenvalue weighted by molar-refractivity contribution is 6.35. The first-order valence-corrected chi connectivity index (χ1v) is 8.43. The Morgan fingerprint density at radius 2 is 1.75 bits per heavy atom. The van der Waals surface area contributed by atoms with Gasteiger partial charge in [0.2, 0.25) is 0 Å². The normalized spacial score (nSPS) is 14.8. The monoisotopic (exact) mass is 334 g/mol. The van der Waals surface area contributed by atoms with Gasteiger partial charge in [-0.1, -0.05) is 19.3 Å². The fraction of sp³-hybridized carbons (Fsp3) is 0.556. The molecular formula is C18H26N2O4. The molecule has 0 heterocycles. The fourth-order valence-corrected chi connectivity index (χ4v) is 2.88. The minimum atomic E-state index is -0.568. The number of benzene rings is 1. The molecular weight excluding hydrogens is 308 g/mol. The average Bonchev–Trinajstić information content (AvgIpc) is 2.65. The third-order valence-electron chi connectivity index (χ3n) is 4.35. The van der Waals surface area contributed by atoms with Crippen molar-refractivity contribution in [1.29, 1.82) is 0 Å². The van der Waals surface area contributed by atoms with Crippen molar-refractivity contribution >= 4 is 11.8 Å². The van der Waals surface area contributed by atoms with Crippen LogP contribution in [0.5, 0.6) is 11.5 Å². The summed E-state index contributed by atoms with van der Waals surface area (Å²) in [5.41, 5.74) is 0. The van der Waals surface area contributed by atoms with Gasteiger partial charge >= 0.3 is 11.8 Å². The molecule has 1 fully saturated rings. The lowest BCUT2D eigenvalue weighted by Gasteiger charge is -2.30. The molecule has 1 aliphatic rings. The van der Waals surface area contributed by atoms with Gasteiger partial charge in [-0.05, 0) is 37.1 Å². The highest BCUT2D eigenvalue weighted by Crippen LogP contribution is 2.21. The number of rotatable bonds is 6. The molecule has 1 aliphatic carbocycles. The second kappa shape index (κ2) is 9.15. The number of likely N-dealkylation sites (N-methyl/N-ethyl adjacent to an activating group) is 1. The first-order valence-electron chi connectivity index (χ1n) is 8.43. The summed E-state index contributed by atoms with van der Waals surface area (Å²) in [4.78, 5) is 25.7. The van der Waals surface area contributed by atoms with Gasteiger partial charge in [-0.2, -0.15) is 0 Å². The number of ether oxygens (including phenoxy) is 2. The maximum absolute atomic E-state index is 12.1. The van der Waals surface area contributed by atoms with Crippen LogP contribution in [0.1, 0.15) is 32.1 Å². The van der Waals surface area contributed by atoms with E-state index in [-0.39, 0.29) is 12.6 Å². The van der Waals surface area contributed by atoms with E-state index in [1.807, 2.05) is 0 Å². The molecule has 0 radical (unpaired) electrons. The standard InChI is InChI=1S/C18H26N2O4/c1-20(14-6-4-3-5-7-14)18(22)17(21)19-12-13-24-16-10-8-15(23-2)9-11-16/h8-11,14H,3-7,12-13H2,1-2H3,(H,19,21). The van der Waals surface area contributed by atoms with Crippen LogP contribution in [-0.4, -0.2) is 50.1 Å². The summed E-state index contributed by atoms with van der Waals surface area (Å²) in [6, 6.07) is 7.38. The van der Waals surface area contributed by atoms with Crippen molar-refractivity contribution in [2.24, 2.45) is 0 Å². The number of carbonyl (C=O) groups is 2. The van der Waals surface area contributed by atoms with Crippen molar-refractivity contribution in [3.05, 3.63) is 24.3 Å². The molecule has 6 heteroatoms. The second-order valence-electron chi connectivity index (χ2n) is 5.99. The Hall–Kier alpha value is -2.24. The van der Waals surface area contributed by atoms with Crippen LogP contribution in [-0.2, 0) is 9.59 Å². The Kier molecular flexibility index (Phi) is 6.90. The zero-order valence-electron chi connectivity index (χ0n) is 14.4. The van der Waals surface area contributed by atoms with Crippen LogP contribution in [0, 0.1) is 0 Å². The highest BCUT2D eigenvalue weighted by atomic mass is 16.5. The smallest absolute Gasteiger partial charge is 0.311 e. The van der Waals surface area contributed by atoms with Crippen molar-refractivity contribution in [2.45, 2.75) is 38.1 Å². The molecule has 1 N–H and O–H groups in total. The molecule has 0 atom stereocenters. The topological polar surface area (TPSA) is 67.9 Å². The maximum atomic E-state index is 12.1. The molecule has 0 spiro atoms. The van der Waals surface area contributed by atoms with Crippen molar-refractivity contribution in [3.63, 3.8) is 0 Å². The van der Waals surface area contributed by atoms with Gasteiger partial charge in [-0.3, -0.25) is 9.59 Å². The average molecular weight is 334 g/mol. The lowest BCUT2D eigenvalue weighted by molar-refractivity contribution is -0.146. The van der Waals surface area contributed by atoms with Crippen LogP contribution in [0.4, 0.5) is 0 Å². The Morgan fingerprint density at radius 3 is 2.38 bits per heavy atom. The Bertz CT molecular complexity index is 538. The van der Waals surface area contributed by atoms with Crippen LogP contribution in [0.15, 0.2) is 24.3 Å². The maximum Gasteiger partial charge on any atom is 0.311 e. The molecule has 1 saturated carbocycles. The number of hydrogen-bond donors (Lipinski definition) is 1. The summed E-state index contributed by atoms with van der Waals surface area (Å²) in [6.45, 7) is 0.591. The van der Waals surface area contributed by atoms with E-state index in [9.17, 15) is 9.59 Å². The van der Waals surface area contributed by atoms with E-state index in [0.29, 0.717) is 12.4 Å². The first kappa shape index (κ1) is 18.1. The minimum Gasteiger partial charge on any atom is -0.497 e.